The fourth-order valence-electron chi connectivity index (χ4n) is 1.80. The molecule has 0 atom stereocenters. The van der Waals surface area contributed by atoms with Crippen LogP contribution in [0.3, 0.4) is 0 Å². The second kappa shape index (κ2) is 11.2. The van der Waals surface area contributed by atoms with E-state index in [1.807, 2.05) is 0 Å². The van der Waals surface area contributed by atoms with Crippen LogP contribution in [-0.2, 0) is 11.9 Å². The van der Waals surface area contributed by atoms with Crippen LogP contribution in [0.15, 0.2) is 24.5 Å². The van der Waals surface area contributed by atoms with Crippen molar-refractivity contribution in [2.24, 2.45) is 0 Å². The molecular formula is C14H23Br2N. The molecule has 0 saturated carbocycles. The van der Waals surface area contributed by atoms with E-state index in [9.17, 15) is 0 Å². The lowest BCUT2D eigenvalue weighted by Crippen LogP contribution is -3.00. The van der Waals surface area contributed by atoms with Crippen LogP contribution in [-0.4, -0.2) is 0 Å². The zero-order chi connectivity index (χ0) is 11.6. The van der Waals surface area contributed by atoms with Crippen molar-refractivity contribution in [2.45, 2.75) is 57.3 Å². The van der Waals surface area contributed by atoms with Gasteiger partial charge in [0.05, 0.1) is 0 Å². The Morgan fingerprint density at radius 3 is 2.18 bits per heavy atom. The molecule has 0 bridgehead atoms. The number of rotatable bonds is 8. The Bertz CT molecular complexity index is 272. The summed E-state index contributed by atoms with van der Waals surface area (Å²) in [7, 11) is 0. The van der Waals surface area contributed by atoms with Crippen LogP contribution < -0.4 is 21.5 Å². The van der Waals surface area contributed by atoms with E-state index in [0.717, 1.165) is 11.9 Å². The Kier molecular flexibility index (Phi) is 11.3. The van der Waals surface area contributed by atoms with Crippen molar-refractivity contribution in [1.29, 1.82) is 0 Å². The highest BCUT2D eigenvalue weighted by Crippen LogP contribution is 2.05. The minimum absolute atomic E-state index is 0. The number of aryl methyl sites for hydroxylation is 1. The van der Waals surface area contributed by atoms with Gasteiger partial charge in [-0.15, -0.1) is 0 Å². The SMILES string of the molecule is CCCCCCCC[n+]1ccc(CBr)cc1.[Br-]. The molecule has 0 saturated heterocycles. The van der Waals surface area contributed by atoms with Gasteiger partial charge < -0.3 is 17.0 Å². The van der Waals surface area contributed by atoms with Crippen molar-refractivity contribution in [3.05, 3.63) is 30.1 Å². The molecule has 0 aromatic carbocycles. The summed E-state index contributed by atoms with van der Waals surface area (Å²) in [5.74, 6) is 0. The van der Waals surface area contributed by atoms with Crippen LogP contribution >= 0.6 is 15.9 Å². The molecule has 1 aromatic rings. The molecule has 1 nitrogen and oxygen atoms in total. The monoisotopic (exact) mass is 363 g/mol. The second-order valence-corrected chi connectivity index (χ2v) is 4.91. The number of pyridine rings is 1. The van der Waals surface area contributed by atoms with Crippen LogP contribution in [0.5, 0.6) is 0 Å². The third-order valence-electron chi connectivity index (χ3n) is 2.88. The smallest absolute Gasteiger partial charge is 0.169 e. The molecule has 0 aliphatic heterocycles. The van der Waals surface area contributed by atoms with E-state index in [2.05, 4.69) is 51.9 Å². The van der Waals surface area contributed by atoms with Gasteiger partial charge in [0, 0.05) is 23.9 Å². The summed E-state index contributed by atoms with van der Waals surface area (Å²) in [6.45, 7) is 3.43. The predicted molar refractivity (Wildman–Crippen MR) is 72.6 cm³/mol. The first-order valence-electron chi connectivity index (χ1n) is 6.40. The van der Waals surface area contributed by atoms with E-state index in [1.54, 1.807) is 0 Å². The van der Waals surface area contributed by atoms with Gasteiger partial charge in [-0.3, -0.25) is 0 Å². The molecule has 0 radical (unpaired) electrons. The quantitative estimate of drug-likeness (QED) is 0.371. The molecule has 0 fully saturated rings. The summed E-state index contributed by atoms with van der Waals surface area (Å²) in [6.07, 6.45) is 12.6. The van der Waals surface area contributed by atoms with E-state index in [0.29, 0.717) is 0 Å². The van der Waals surface area contributed by atoms with Gasteiger partial charge in [0.15, 0.2) is 12.4 Å². The van der Waals surface area contributed by atoms with Gasteiger partial charge in [-0.2, -0.15) is 0 Å². The average molecular weight is 365 g/mol. The van der Waals surface area contributed by atoms with Crippen molar-refractivity contribution in [2.75, 3.05) is 0 Å². The van der Waals surface area contributed by atoms with Gasteiger partial charge >= 0.3 is 0 Å². The Morgan fingerprint density at radius 2 is 1.59 bits per heavy atom. The fraction of sp³-hybridized carbons (Fsp3) is 0.643. The van der Waals surface area contributed by atoms with Crippen LogP contribution in [0.25, 0.3) is 0 Å². The summed E-state index contributed by atoms with van der Waals surface area (Å²) < 4.78 is 2.28. The highest BCUT2D eigenvalue weighted by molar-refractivity contribution is 9.08. The minimum Gasteiger partial charge on any atom is -1.00 e. The number of aromatic nitrogens is 1. The first-order valence-corrected chi connectivity index (χ1v) is 7.53. The molecule has 98 valence electrons. The summed E-state index contributed by atoms with van der Waals surface area (Å²) in [6, 6.07) is 4.37. The Morgan fingerprint density at radius 1 is 1.00 bits per heavy atom. The first kappa shape index (κ1) is 17.1. The minimum atomic E-state index is 0. The van der Waals surface area contributed by atoms with Gasteiger partial charge in [-0.1, -0.05) is 48.5 Å². The van der Waals surface area contributed by atoms with E-state index in [1.165, 1.54) is 44.1 Å². The maximum Gasteiger partial charge on any atom is 0.169 e. The number of unbranched alkanes of at least 4 members (excludes halogenated alkanes) is 5. The van der Waals surface area contributed by atoms with Crippen LogP contribution in [0.1, 0.15) is 51.0 Å². The molecule has 0 N–H and O–H groups in total. The van der Waals surface area contributed by atoms with Gasteiger partial charge in [-0.05, 0) is 12.0 Å². The molecule has 0 spiro atoms. The third-order valence-corrected chi connectivity index (χ3v) is 3.53. The lowest BCUT2D eigenvalue weighted by Gasteiger charge is -1.99. The van der Waals surface area contributed by atoms with Gasteiger partial charge in [0.25, 0.3) is 0 Å². The summed E-state index contributed by atoms with van der Waals surface area (Å²) >= 11 is 3.46. The molecule has 1 heterocycles. The maximum atomic E-state index is 3.46. The summed E-state index contributed by atoms with van der Waals surface area (Å²) in [4.78, 5) is 0. The van der Waals surface area contributed by atoms with Crippen molar-refractivity contribution in [3.63, 3.8) is 0 Å². The fourth-order valence-corrected chi connectivity index (χ4v) is 2.17. The zero-order valence-electron chi connectivity index (χ0n) is 10.7. The Balaban J connectivity index is 0.00000256. The highest BCUT2D eigenvalue weighted by atomic mass is 79.9. The zero-order valence-corrected chi connectivity index (χ0v) is 13.8. The van der Waals surface area contributed by atoms with E-state index < -0.39 is 0 Å². The highest BCUT2D eigenvalue weighted by Gasteiger charge is 1.99. The number of hydrogen-bond acceptors (Lipinski definition) is 0. The largest absolute Gasteiger partial charge is 1.00 e. The predicted octanol–water partition coefficient (Wildman–Crippen LogP) is 1.23. The molecule has 0 aliphatic rings. The molecule has 0 amide bonds. The molecule has 3 heteroatoms. The summed E-state index contributed by atoms with van der Waals surface area (Å²) in [5.41, 5.74) is 1.35. The van der Waals surface area contributed by atoms with E-state index >= 15 is 0 Å². The number of alkyl halides is 1. The van der Waals surface area contributed by atoms with Crippen molar-refractivity contribution in [3.8, 4) is 0 Å². The van der Waals surface area contributed by atoms with Crippen molar-refractivity contribution in [1.82, 2.24) is 0 Å². The number of nitrogens with zero attached hydrogens (tertiary/aromatic N) is 1. The average Bonchev–Trinajstić information content (AvgIpc) is 2.34. The Hall–Kier alpha value is 0.110. The molecular weight excluding hydrogens is 342 g/mol. The number of hydrogen-bond donors (Lipinski definition) is 0. The molecule has 0 unspecified atom stereocenters. The first-order chi connectivity index (χ1) is 7.86. The van der Waals surface area contributed by atoms with Gasteiger partial charge in [0.1, 0.15) is 6.54 Å². The standard InChI is InChI=1S/C14H23BrN.BrH/c1-2-3-4-5-6-7-10-16-11-8-14(13-15)9-12-16;/h8-9,11-12H,2-7,10,13H2,1H3;1H/q+1;/p-1. The van der Waals surface area contributed by atoms with Crippen molar-refractivity contribution >= 4 is 15.9 Å². The molecule has 1 aromatic heterocycles. The summed E-state index contributed by atoms with van der Waals surface area (Å²) in [5, 5.41) is 0.949. The number of halogens is 2. The van der Waals surface area contributed by atoms with Crippen LogP contribution in [0.2, 0.25) is 0 Å². The second-order valence-electron chi connectivity index (χ2n) is 4.35. The van der Waals surface area contributed by atoms with Crippen molar-refractivity contribution < 1.29 is 21.5 Å². The maximum absolute atomic E-state index is 3.46. The Labute approximate surface area is 125 Å². The van der Waals surface area contributed by atoms with E-state index in [-0.39, 0.29) is 17.0 Å². The third kappa shape index (κ3) is 7.93. The van der Waals surface area contributed by atoms with Crippen LogP contribution in [0.4, 0.5) is 0 Å². The topological polar surface area (TPSA) is 3.88 Å². The lowest BCUT2D eigenvalue weighted by molar-refractivity contribution is -0.697. The normalized spacial score (nSPS) is 10.0. The van der Waals surface area contributed by atoms with E-state index in [4.69, 9.17) is 0 Å². The molecule has 0 aliphatic carbocycles. The van der Waals surface area contributed by atoms with Gasteiger partial charge in [-0.25, -0.2) is 4.57 Å². The lowest BCUT2D eigenvalue weighted by atomic mass is 10.1. The van der Waals surface area contributed by atoms with Gasteiger partial charge in [0.2, 0.25) is 0 Å². The van der Waals surface area contributed by atoms with Crippen LogP contribution in [0, 0.1) is 0 Å². The molecule has 17 heavy (non-hydrogen) atoms. The molecule has 1 rings (SSSR count).